The maximum Gasteiger partial charge on any atom is 0.410 e. The van der Waals surface area contributed by atoms with Crippen LogP contribution in [-0.2, 0) is 4.74 Å². The number of hydrogen-bond donors (Lipinski definition) is 2. The number of Topliss-reactive ketones (excluding diaryl/α,β-unsaturated/α-hetero) is 1. The van der Waals surface area contributed by atoms with Gasteiger partial charge in [0.2, 0.25) is 0 Å². The van der Waals surface area contributed by atoms with Gasteiger partial charge < -0.3 is 34.4 Å². The van der Waals surface area contributed by atoms with Crippen molar-refractivity contribution in [2.45, 2.75) is 33.3 Å². The first kappa shape index (κ1) is 36.1. The van der Waals surface area contributed by atoms with Crippen molar-refractivity contribution in [2.75, 3.05) is 57.9 Å². The summed E-state index contributed by atoms with van der Waals surface area (Å²) in [5.41, 5.74) is 0.970. The number of rotatable bonds is 12. The van der Waals surface area contributed by atoms with Gasteiger partial charge >= 0.3 is 6.09 Å². The molecule has 1 fully saturated rings. The number of pyridine rings is 1. The smallest absolute Gasteiger partial charge is 0.410 e. The molecule has 0 spiro atoms. The van der Waals surface area contributed by atoms with E-state index in [9.17, 15) is 18.8 Å². The maximum atomic E-state index is 14.1. The van der Waals surface area contributed by atoms with Crippen LogP contribution in [0.25, 0.3) is 5.57 Å². The fourth-order valence-electron chi connectivity index (χ4n) is 4.29. The second-order valence-electron chi connectivity index (χ2n) is 11.3. The van der Waals surface area contributed by atoms with E-state index in [1.54, 1.807) is 37.8 Å². The van der Waals surface area contributed by atoms with Gasteiger partial charge in [0.1, 0.15) is 23.7 Å². The van der Waals surface area contributed by atoms with Crippen molar-refractivity contribution in [1.29, 1.82) is 0 Å². The lowest BCUT2D eigenvalue weighted by Crippen LogP contribution is -2.50. The topological polar surface area (TPSA) is 131 Å². The Morgan fingerprint density at radius 3 is 2.37 bits per heavy atom. The molecule has 2 amide bonds. The third-order valence-electron chi connectivity index (χ3n) is 6.67. The van der Waals surface area contributed by atoms with Crippen LogP contribution in [0.2, 0.25) is 0 Å². The lowest BCUT2D eigenvalue weighted by molar-refractivity contribution is 0.0240. The average molecular weight is 659 g/mol. The lowest BCUT2D eigenvalue weighted by atomic mass is 10.1. The second-order valence-corrected chi connectivity index (χ2v) is 11.9. The number of allylic oxidation sites excluding steroid dienone is 5. The van der Waals surface area contributed by atoms with Crippen LogP contribution in [0.5, 0.6) is 11.5 Å². The van der Waals surface area contributed by atoms with E-state index in [0.717, 1.165) is 6.08 Å². The van der Waals surface area contributed by atoms with Crippen molar-refractivity contribution in [3.05, 3.63) is 76.9 Å². The normalized spacial score (nSPS) is 14.1. The molecule has 2 N–H and O–H groups in total. The summed E-state index contributed by atoms with van der Waals surface area (Å²) in [6.07, 6.45) is 2.17. The molecular weight excluding hydrogens is 619 g/mol. The number of aromatic nitrogens is 1. The Balaban J connectivity index is 1.81. The molecule has 0 atom stereocenters. The summed E-state index contributed by atoms with van der Waals surface area (Å²) in [5, 5.41) is 11.6. The average Bonchev–Trinajstić information content (AvgIpc) is 3.03. The van der Waals surface area contributed by atoms with Gasteiger partial charge in [-0.1, -0.05) is 24.3 Å². The quantitative estimate of drug-likeness (QED) is 0.235. The minimum atomic E-state index is -0.638. The number of ether oxygens (including phenoxy) is 3. The number of nitrogens with zero attached hydrogens (tertiary/aromatic N) is 3. The van der Waals surface area contributed by atoms with Crippen molar-refractivity contribution >= 4 is 40.6 Å². The molecule has 1 aromatic carbocycles. The number of benzene rings is 1. The Morgan fingerprint density at radius 1 is 1.09 bits per heavy atom. The summed E-state index contributed by atoms with van der Waals surface area (Å²) < 4.78 is 30.2. The molecule has 1 aliphatic heterocycles. The Morgan fingerprint density at radius 2 is 1.76 bits per heavy atom. The largest absolute Gasteiger partial charge is 0.493 e. The van der Waals surface area contributed by atoms with Crippen LogP contribution in [0.1, 0.15) is 54.2 Å². The zero-order valence-corrected chi connectivity index (χ0v) is 27.4. The van der Waals surface area contributed by atoms with Crippen LogP contribution in [0.3, 0.4) is 0 Å². The molecular formula is C33H40ClFN4O7. The van der Waals surface area contributed by atoms with Crippen LogP contribution in [0.15, 0.2) is 59.9 Å². The molecule has 3 rings (SSSR count). The van der Waals surface area contributed by atoms with Crippen LogP contribution in [-0.4, -0.2) is 91.4 Å². The molecule has 2 heterocycles. The zero-order valence-electron chi connectivity index (χ0n) is 26.7. The van der Waals surface area contributed by atoms with E-state index in [4.69, 9.17) is 30.9 Å². The molecule has 248 valence electrons. The van der Waals surface area contributed by atoms with Gasteiger partial charge in [-0.05, 0) is 69.7 Å². The Bertz CT molecular complexity index is 1510. The highest BCUT2D eigenvalue weighted by Crippen LogP contribution is 2.28. The number of hydrogen-bond acceptors (Lipinski definition) is 9. The number of halogens is 2. The van der Waals surface area contributed by atoms with Gasteiger partial charge in [-0.25, -0.2) is 14.2 Å². The number of aliphatic hydroxyl groups excluding tert-OH is 1. The summed E-state index contributed by atoms with van der Waals surface area (Å²) in [4.78, 5) is 46.9. The lowest BCUT2D eigenvalue weighted by Gasteiger charge is -2.37. The highest BCUT2D eigenvalue weighted by Gasteiger charge is 2.27. The second kappa shape index (κ2) is 16.2. The standard InChI is InChI=1S/C33H40ClFN4O7/c1-21(7-9-25(35)22(2)34)26-18-24(38-11-13-39(14-12-38)32(43)46-33(3,4)5)19-27(37-26)28(41)20-36-31(42)23-8-10-29(45-16-15-40)30(17-23)44-6/h7-10,17-19,40H,1,11-16,20H2,2-6H3,(H,36,42)/b9-7-,25-22-. The number of aliphatic hydroxyl groups is 1. The SMILES string of the molecule is C=C(/C=C\C(F)=C(/C)Cl)c1cc(N2CCN(C(=O)OC(C)(C)C)CC2)cc(C(=O)CNC(=O)c2ccc(OCCO)c(OC)c2)n1. The number of carbonyl (C=O) groups excluding carboxylic acids is 3. The minimum absolute atomic E-state index is 0.0230. The molecule has 11 nitrogen and oxygen atoms in total. The van der Waals surface area contributed by atoms with E-state index < -0.39 is 29.2 Å². The molecule has 0 unspecified atom stereocenters. The summed E-state index contributed by atoms with van der Waals surface area (Å²) in [7, 11) is 1.42. The highest BCUT2D eigenvalue weighted by atomic mass is 35.5. The predicted molar refractivity (Wildman–Crippen MR) is 174 cm³/mol. The van der Waals surface area contributed by atoms with Gasteiger partial charge in [-0.15, -0.1) is 0 Å². The van der Waals surface area contributed by atoms with Crippen LogP contribution >= 0.6 is 11.6 Å². The van der Waals surface area contributed by atoms with Gasteiger partial charge in [-0.3, -0.25) is 9.59 Å². The number of nitrogens with one attached hydrogen (secondary N) is 1. The molecule has 1 aromatic heterocycles. The van der Waals surface area contributed by atoms with Gasteiger partial charge in [0.15, 0.2) is 17.3 Å². The first-order valence-electron chi connectivity index (χ1n) is 14.6. The van der Waals surface area contributed by atoms with Gasteiger partial charge in [0.25, 0.3) is 5.91 Å². The van der Waals surface area contributed by atoms with E-state index >= 15 is 0 Å². The highest BCUT2D eigenvalue weighted by molar-refractivity contribution is 6.29. The van der Waals surface area contributed by atoms with E-state index in [-0.39, 0.29) is 36.0 Å². The van der Waals surface area contributed by atoms with Crippen LogP contribution in [0, 0.1) is 0 Å². The van der Waals surface area contributed by atoms with E-state index in [1.165, 1.54) is 38.3 Å². The third-order valence-corrected chi connectivity index (χ3v) is 6.85. The predicted octanol–water partition coefficient (Wildman–Crippen LogP) is 5.14. The minimum Gasteiger partial charge on any atom is -0.493 e. The molecule has 0 radical (unpaired) electrons. The molecule has 46 heavy (non-hydrogen) atoms. The first-order valence-corrected chi connectivity index (χ1v) is 15.0. The molecule has 0 aliphatic carbocycles. The number of piperazine rings is 1. The number of methoxy groups -OCH3 is 1. The van der Waals surface area contributed by atoms with Crippen molar-refractivity contribution in [3.63, 3.8) is 0 Å². The Labute approximate surface area is 273 Å². The van der Waals surface area contributed by atoms with Crippen LogP contribution in [0.4, 0.5) is 14.9 Å². The fraction of sp³-hybridized carbons (Fsp3) is 0.394. The molecule has 1 aliphatic rings. The Hall–Kier alpha value is -4.42. The fourth-order valence-corrected chi connectivity index (χ4v) is 4.35. The summed E-state index contributed by atoms with van der Waals surface area (Å²) in [5.74, 6) is -0.990. The van der Waals surface area contributed by atoms with Crippen molar-refractivity contribution in [1.82, 2.24) is 15.2 Å². The van der Waals surface area contributed by atoms with Gasteiger partial charge in [0, 0.05) is 37.4 Å². The molecule has 0 bridgehead atoms. The number of amides is 2. The van der Waals surface area contributed by atoms with E-state index in [1.807, 2.05) is 4.90 Å². The van der Waals surface area contributed by atoms with Crippen molar-refractivity contribution in [3.8, 4) is 11.5 Å². The first-order chi connectivity index (χ1) is 21.7. The monoisotopic (exact) mass is 658 g/mol. The molecule has 1 saturated heterocycles. The maximum absolute atomic E-state index is 14.1. The van der Waals surface area contributed by atoms with Gasteiger partial charge in [-0.2, -0.15) is 0 Å². The third kappa shape index (κ3) is 10.3. The van der Waals surface area contributed by atoms with Crippen molar-refractivity contribution < 1.29 is 38.1 Å². The van der Waals surface area contributed by atoms with E-state index in [2.05, 4.69) is 16.9 Å². The van der Waals surface area contributed by atoms with E-state index in [0.29, 0.717) is 54.6 Å². The van der Waals surface area contributed by atoms with Crippen LogP contribution < -0.4 is 19.7 Å². The summed E-state index contributed by atoms with van der Waals surface area (Å²) in [6, 6.07) is 7.85. The number of ketones is 1. The Kier molecular flexibility index (Phi) is 12.7. The number of anilines is 1. The molecule has 2 aromatic rings. The molecule has 13 heteroatoms. The zero-order chi connectivity index (χ0) is 34.0. The van der Waals surface area contributed by atoms with Crippen molar-refractivity contribution in [2.24, 2.45) is 0 Å². The summed E-state index contributed by atoms with van der Waals surface area (Å²) >= 11 is 5.73. The number of carbonyl (C=O) groups is 3. The molecule has 0 saturated carbocycles. The van der Waals surface area contributed by atoms with Gasteiger partial charge in [0.05, 0.1) is 31.0 Å². The summed E-state index contributed by atoms with van der Waals surface area (Å²) in [6.45, 7) is 12.0.